The van der Waals surface area contributed by atoms with E-state index in [1.807, 2.05) is 6.07 Å². The number of aromatic carboxylic acids is 1. The van der Waals surface area contributed by atoms with Gasteiger partial charge in [0, 0.05) is 18.3 Å². The summed E-state index contributed by atoms with van der Waals surface area (Å²) < 4.78 is 2.17. The molecule has 2 aromatic rings. The van der Waals surface area contributed by atoms with Gasteiger partial charge in [0.15, 0.2) is 0 Å². The summed E-state index contributed by atoms with van der Waals surface area (Å²) in [7, 11) is 0. The molecule has 1 aromatic heterocycles. The highest BCUT2D eigenvalue weighted by molar-refractivity contribution is 5.93. The van der Waals surface area contributed by atoms with Crippen molar-refractivity contribution in [2.75, 3.05) is 0 Å². The van der Waals surface area contributed by atoms with Crippen molar-refractivity contribution in [3.05, 3.63) is 36.0 Å². The van der Waals surface area contributed by atoms with Crippen molar-refractivity contribution in [2.45, 2.75) is 52.0 Å². The standard InChI is InChI=1S/C17H23NO2/c1-2-3-4-5-6-7-11-18-12-10-14-8-9-15(17(19)20)13-16(14)18/h8-10,12-13H,2-7,11H2,1H3,(H,19,20). The van der Waals surface area contributed by atoms with Gasteiger partial charge in [0.05, 0.1) is 5.56 Å². The van der Waals surface area contributed by atoms with Crippen molar-refractivity contribution in [3.8, 4) is 0 Å². The molecule has 0 atom stereocenters. The Balaban J connectivity index is 1.96. The Morgan fingerprint density at radius 1 is 1.10 bits per heavy atom. The predicted octanol–water partition coefficient (Wildman–Crippen LogP) is 4.70. The van der Waals surface area contributed by atoms with E-state index < -0.39 is 5.97 Å². The Kier molecular flexibility index (Phi) is 5.22. The molecule has 0 saturated heterocycles. The van der Waals surface area contributed by atoms with Crippen molar-refractivity contribution in [2.24, 2.45) is 0 Å². The molecule has 0 fully saturated rings. The average Bonchev–Trinajstić information content (AvgIpc) is 2.85. The van der Waals surface area contributed by atoms with Crippen LogP contribution in [-0.2, 0) is 6.54 Å². The Morgan fingerprint density at radius 2 is 1.85 bits per heavy atom. The van der Waals surface area contributed by atoms with E-state index in [1.54, 1.807) is 12.1 Å². The minimum absolute atomic E-state index is 0.361. The minimum Gasteiger partial charge on any atom is -0.478 e. The van der Waals surface area contributed by atoms with Gasteiger partial charge in [0.2, 0.25) is 0 Å². The largest absolute Gasteiger partial charge is 0.478 e. The molecule has 3 nitrogen and oxygen atoms in total. The molecule has 0 aliphatic carbocycles. The van der Waals surface area contributed by atoms with Gasteiger partial charge in [-0.3, -0.25) is 0 Å². The van der Waals surface area contributed by atoms with E-state index in [9.17, 15) is 4.79 Å². The first-order valence-corrected chi connectivity index (χ1v) is 7.54. The summed E-state index contributed by atoms with van der Waals surface area (Å²) in [4.78, 5) is 11.0. The van der Waals surface area contributed by atoms with Crippen molar-refractivity contribution in [1.29, 1.82) is 0 Å². The summed E-state index contributed by atoms with van der Waals surface area (Å²) in [6, 6.07) is 7.38. The Morgan fingerprint density at radius 3 is 2.60 bits per heavy atom. The van der Waals surface area contributed by atoms with E-state index in [-0.39, 0.29) is 0 Å². The molecule has 3 heteroatoms. The molecule has 108 valence electrons. The maximum atomic E-state index is 11.0. The summed E-state index contributed by atoms with van der Waals surface area (Å²) in [5, 5.41) is 10.2. The fraction of sp³-hybridized carbons (Fsp3) is 0.471. The summed E-state index contributed by atoms with van der Waals surface area (Å²) >= 11 is 0. The molecule has 0 aliphatic heterocycles. The Hall–Kier alpha value is -1.77. The van der Waals surface area contributed by atoms with Gasteiger partial charge >= 0.3 is 5.97 Å². The van der Waals surface area contributed by atoms with Crippen LogP contribution < -0.4 is 0 Å². The van der Waals surface area contributed by atoms with Crippen LogP contribution in [0.2, 0.25) is 0 Å². The third kappa shape index (κ3) is 3.62. The molecule has 0 amide bonds. The third-order valence-electron chi connectivity index (χ3n) is 3.77. The van der Waals surface area contributed by atoms with Crippen LogP contribution >= 0.6 is 0 Å². The minimum atomic E-state index is -0.862. The zero-order valence-electron chi connectivity index (χ0n) is 12.1. The van der Waals surface area contributed by atoms with Gasteiger partial charge in [-0.25, -0.2) is 4.79 Å². The number of rotatable bonds is 8. The molecule has 1 heterocycles. The van der Waals surface area contributed by atoms with Gasteiger partial charge in [-0.2, -0.15) is 0 Å². The van der Waals surface area contributed by atoms with Crippen LogP contribution in [0.15, 0.2) is 30.5 Å². The topological polar surface area (TPSA) is 42.2 Å². The lowest BCUT2D eigenvalue weighted by molar-refractivity contribution is 0.0697. The second kappa shape index (κ2) is 7.13. The summed E-state index contributed by atoms with van der Waals surface area (Å²) in [6.45, 7) is 3.20. The van der Waals surface area contributed by atoms with Crippen molar-refractivity contribution < 1.29 is 9.90 Å². The molecule has 20 heavy (non-hydrogen) atoms. The van der Waals surface area contributed by atoms with Crippen LogP contribution in [0, 0.1) is 0 Å². The van der Waals surface area contributed by atoms with Gasteiger partial charge in [-0.1, -0.05) is 45.1 Å². The molecule has 0 unspecified atom stereocenters. The normalized spacial score (nSPS) is 11.1. The predicted molar refractivity (Wildman–Crippen MR) is 82.3 cm³/mol. The smallest absolute Gasteiger partial charge is 0.335 e. The zero-order chi connectivity index (χ0) is 14.4. The maximum absolute atomic E-state index is 11.0. The highest BCUT2D eigenvalue weighted by Gasteiger charge is 2.06. The van der Waals surface area contributed by atoms with E-state index in [2.05, 4.69) is 23.8 Å². The average molecular weight is 273 g/mol. The first kappa shape index (κ1) is 14.6. The monoisotopic (exact) mass is 273 g/mol. The lowest BCUT2D eigenvalue weighted by atomic mass is 10.1. The third-order valence-corrected chi connectivity index (χ3v) is 3.77. The quantitative estimate of drug-likeness (QED) is 0.708. The Labute approximate surface area is 120 Å². The highest BCUT2D eigenvalue weighted by atomic mass is 16.4. The fourth-order valence-electron chi connectivity index (χ4n) is 2.57. The van der Waals surface area contributed by atoms with Crippen LogP contribution in [0.5, 0.6) is 0 Å². The number of fused-ring (bicyclic) bond motifs is 1. The number of aryl methyl sites for hydroxylation is 1. The number of hydrogen-bond acceptors (Lipinski definition) is 1. The van der Waals surface area contributed by atoms with Gasteiger partial charge < -0.3 is 9.67 Å². The molecule has 0 saturated carbocycles. The molecule has 1 N–H and O–H groups in total. The SMILES string of the molecule is CCCCCCCCn1ccc2ccc(C(=O)O)cc21. The lowest BCUT2D eigenvalue weighted by Crippen LogP contribution is -1.99. The second-order valence-corrected chi connectivity index (χ2v) is 5.36. The van der Waals surface area contributed by atoms with E-state index in [4.69, 9.17) is 5.11 Å². The molecule has 0 aliphatic rings. The van der Waals surface area contributed by atoms with E-state index in [0.29, 0.717) is 5.56 Å². The van der Waals surface area contributed by atoms with Crippen LogP contribution in [0.4, 0.5) is 0 Å². The number of carboxylic acids is 1. The molecule has 2 rings (SSSR count). The second-order valence-electron chi connectivity index (χ2n) is 5.36. The van der Waals surface area contributed by atoms with E-state index in [0.717, 1.165) is 23.9 Å². The summed E-state index contributed by atoms with van der Waals surface area (Å²) in [6.07, 6.45) is 9.69. The summed E-state index contributed by atoms with van der Waals surface area (Å²) in [5.74, 6) is -0.862. The van der Waals surface area contributed by atoms with Crippen LogP contribution in [-0.4, -0.2) is 15.6 Å². The van der Waals surface area contributed by atoms with Crippen LogP contribution in [0.1, 0.15) is 55.8 Å². The van der Waals surface area contributed by atoms with Crippen LogP contribution in [0.25, 0.3) is 10.9 Å². The first-order chi connectivity index (χ1) is 9.72. The molecular formula is C17H23NO2. The number of carboxylic acid groups (broad SMARTS) is 1. The molecule has 1 aromatic carbocycles. The van der Waals surface area contributed by atoms with Gasteiger partial charge in [0.1, 0.15) is 0 Å². The number of unbranched alkanes of at least 4 members (excludes halogenated alkanes) is 5. The summed E-state index contributed by atoms with van der Waals surface area (Å²) in [5.41, 5.74) is 1.39. The van der Waals surface area contributed by atoms with Crippen molar-refractivity contribution in [1.82, 2.24) is 4.57 Å². The molecular weight excluding hydrogens is 250 g/mol. The van der Waals surface area contributed by atoms with Crippen molar-refractivity contribution in [3.63, 3.8) is 0 Å². The molecule has 0 radical (unpaired) electrons. The van der Waals surface area contributed by atoms with Crippen molar-refractivity contribution >= 4 is 16.9 Å². The number of hydrogen-bond donors (Lipinski definition) is 1. The lowest BCUT2D eigenvalue weighted by Gasteiger charge is -2.06. The van der Waals surface area contributed by atoms with Gasteiger partial charge in [-0.05, 0) is 30.0 Å². The first-order valence-electron chi connectivity index (χ1n) is 7.54. The maximum Gasteiger partial charge on any atom is 0.335 e. The zero-order valence-corrected chi connectivity index (χ0v) is 12.1. The van der Waals surface area contributed by atoms with Crippen LogP contribution in [0.3, 0.4) is 0 Å². The number of carbonyl (C=O) groups is 1. The van der Waals surface area contributed by atoms with Gasteiger partial charge in [-0.15, -0.1) is 0 Å². The molecule has 0 bridgehead atoms. The van der Waals surface area contributed by atoms with E-state index >= 15 is 0 Å². The Bertz CT molecular complexity index is 571. The number of nitrogens with zero attached hydrogens (tertiary/aromatic N) is 1. The highest BCUT2D eigenvalue weighted by Crippen LogP contribution is 2.19. The number of aromatic nitrogens is 1. The van der Waals surface area contributed by atoms with Gasteiger partial charge in [0.25, 0.3) is 0 Å². The number of benzene rings is 1. The molecule has 0 spiro atoms. The fourth-order valence-corrected chi connectivity index (χ4v) is 2.57. The van der Waals surface area contributed by atoms with E-state index in [1.165, 1.54) is 32.1 Å².